The minimum Gasteiger partial charge on any atom is -0.393 e. The molecule has 1 aromatic heterocycles. The van der Waals surface area contributed by atoms with Gasteiger partial charge in [0.2, 0.25) is 11.9 Å². The summed E-state index contributed by atoms with van der Waals surface area (Å²) in [5, 5.41) is 9.89. The maximum atomic E-state index is 12.3. The largest absolute Gasteiger partial charge is 0.393 e. The highest BCUT2D eigenvalue weighted by Gasteiger charge is 2.43. The normalized spacial score (nSPS) is 28.5. The number of carbonyl (C=O) groups excluding carboxylic acids is 1. The zero-order valence-electron chi connectivity index (χ0n) is 11.6. The van der Waals surface area contributed by atoms with Crippen LogP contribution < -0.4 is 4.90 Å². The number of rotatable bonds is 3. The van der Waals surface area contributed by atoms with Crippen molar-refractivity contribution in [1.29, 1.82) is 0 Å². The molecule has 1 aliphatic carbocycles. The summed E-state index contributed by atoms with van der Waals surface area (Å²) >= 11 is 0. The number of aliphatic hydroxyl groups is 1. The van der Waals surface area contributed by atoms with Crippen LogP contribution in [0.1, 0.15) is 12.8 Å². The number of anilines is 1. The summed E-state index contributed by atoms with van der Waals surface area (Å²) in [4.78, 5) is 24.2. The highest BCUT2D eigenvalue weighted by atomic mass is 16.3. The van der Waals surface area contributed by atoms with Gasteiger partial charge in [0.15, 0.2) is 0 Å². The standard InChI is InChI=1S/C14H20N4O2/c1-17(14-15-5-2-6-16-14)9-13(20)18-7-10-3-4-12(19)11(10)8-18/h2,5-6,10-12,19H,3-4,7-9H2,1H3. The Kier molecular flexibility index (Phi) is 3.56. The van der Waals surface area contributed by atoms with Gasteiger partial charge in [-0.3, -0.25) is 4.79 Å². The van der Waals surface area contributed by atoms with Crippen molar-refractivity contribution in [3.63, 3.8) is 0 Å². The molecular formula is C14H20N4O2. The van der Waals surface area contributed by atoms with Gasteiger partial charge in [-0.2, -0.15) is 0 Å². The van der Waals surface area contributed by atoms with Crippen LogP contribution in [0, 0.1) is 11.8 Å². The summed E-state index contributed by atoms with van der Waals surface area (Å²) in [6, 6.07) is 1.75. The molecule has 2 aliphatic rings. The van der Waals surface area contributed by atoms with Gasteiger partial charge in [-0.05, 0) is 24.8 Å². The Bertz CT molecular complexity index is 481. The van der Waals surface area contributed by atoms with E-state index in [9.17, 15) is 9.90 Å². The average molecular weight is 276 g/mol. The van der Waals surface area contributed by atoms with E-state index >= 15 is 0 Å². The third kappa shape index (κ3) is 2.47. The summed E-state index contributed by atoms with van der Waals surface area (Å²) in [7, 11) is 1.82. The molecule has 20 heavy (non-hydrogen) atoms. The number of carbonyl (C=O) groups is 1. The first-order valence-electron chi connectivity index (χ1n) is 7.09. The number of fused-ring (bicyclic) bond motifs is 1. The first-order chi connectivity index (χ1) is 9.65. The van der Waals surface area contributed by atoms with Gasteiger partial charge in [0.05, 0.1) is 12.6 Å². The lowest BCUT2D eigenvalue weighted by molar-refractivity contribution is -0.129. The van der Waals surface area contributed by atoms with E-state index in [4.69, 9.17) is 0 Å². The Labute approximate surface area is 118 Å². The van der Waals surface area contributed by atoms with Gasteiger partial charge in [0.25, 0.3) is 0 Å². The summed E-state index contributed by atoms with van der Waals surface area (Å²) in [5.74, 6) is 1.39. The van der Waals surface area contributed by atoms with Crippen molar-refractivity contribution in [2.24, 2.45) is 11.8 Å². The van der Waals surface area contributed by atoms with Crippen LogP contribution in [0.15, 0.2) is 18.5 Å². The van der Waals surface area contributed by atoms with E-state index in [1.165, 1.54) is 0 Å². The Hall–Kier alpha value is -1.69. The topological polar surface area (TPSA) is 69.6 Å². The number of aliphatic hydroxyl groups excluding tert-OH is 1. The second-order valence-corrected chi connectivity index (χ2v) is 5.77. The van der Waals surface area contributed by atoms with Crippen molar-refractivity contribution in [3.05, 3.63) is 18.5 Å². The van der Waals surface area contributed by atoms with Crippen molar-refractivity contribution >= 4 is 11.9 Å². The summed E-state index contributed by atoms with van der Waals surface area (Å²) in [5.41, 5.74) is 0. The van der Waals surface area contributed by atoms with Crippen molar-refractivity contribution in [3.8, 4) is 0 Å². The van der Waals surface area contributed by atoms with Gasteiger partial charge in [0, 0.05) is 38.4 Å². The number of nitrogens with zero attached hydrogens (tertiary/aromatic N) is 4. The molecule has 108 valence electrons. The number of hydrogen-bond donors (Lipinski definition) is 1. The number of hydrogen-bond acceptors (Lipinski definition) is 5. The van der Waals surface area contributed by atoms with E-state index in [0.29, 0.717) is 18.4 Å². The molecule has 0 aromatic carbocycles. The quantitative estimate of drug-likeness (QED) is 0.850. The summed E-state index contributed by atoms with van der Waals surface area (Å²) in [6.45, 7) is 1.75. The number of likely N-dealkylation sites (N-methyl/N-ethyl adjacent to an activating group) is 1. The minimum absolute atomic E-state index is 0.0848. The number of likely N-dealkylation sites (tertiary alicyclic amines) is 1. The van der Waals surface area contributed by atoms with Gasteiger partial charge in [0.1, 0.15) is 0 Å². The fourth-order valence-corrected chi connectivity index (χ4v) is 3.30. The van der Waals surface area contributed by atoms with E-state index < -0.39 is 0 Å². The zero-order chi connectivity index (χ0) is 14.1. The van der Waals surface area contributed by atoms with E-state index in [-0.39, 0.29) is 24.5 Å². The smallest absolute Gasteiger partial charge is 0.242 e. The van der Waals surface area contributed by atoms with Crippen molar-refractivity contribution < 1.29 is 9.90 Å². The lowest BCUT2D eigenvalue weighted by Crippen LogP contribution is -2.39. The van der Waals surface area contributed by atoms with Crippen molar-refractivity contribution in [2.45, 2.75) is 18.9 Å². The van der Waals surface area contributed by atoms with Crippen LogP contribution in [-0.4, -0.2) is 58.7 Å². The predicted octanol–water partition coefficient (Wildman–Crippen LogP) is 0.142. The van der Waals surface area contributed by atoms with E-state index in [1.807, 2.05) is 11.9 Å². The molecule has 1 amide bonds. The third-order valence-electron chi connectivity index (χ3n) is 4.44. The maximum absolute atomic E-state index is 12.3. The van der Waals surface area contributed by atoms with E-state index in [1.54, 1.807) is 23.4 Å². The van der Waals surface area contributed by atoms with Crippen LogP contribution in [0.25, 0.3) is 0 Å². The minimum atomic E-state index is -0.229. The molecule has 3 unspecified atom stereocenters. The third-order valence-corrected chi connectivity index (χ3v) is 4.44. The Morgan fingerprint density at radius 3 is 2.85 bits per heavy atom. The van der Waals surface area contributed by atoms with Gasteiger partial charge in [-0.1, -0.05) is 0 Å². The molecule has 1 saturated carbocycles. The molecule has 0 radical (unpaired) electrons. The molecule has 2 heterocycles. The zero-order valence-corrected chi connectivity index (χ0v) is 11.6. The van der Waals surface area contributed by atoms with Gasteiger partial charge in [-0.25, -0.2) is 9.97 Å². The molecule has 0 spiro atoms. The SMILES string of the molecule is CN(CC(=O)N1CC2CCC(O)C2C1)c1ncccn1. The van der Waals surface area contributed by atoms with Crippen LogP contribution in [-0.2, 0) is 4.79 Å². The lowest BCUT2D eigenvalue weighted by atomic mass is 10.00. The van der Waals surface area contributed by atoms with E-state index in [0.717, 1.165) is 19.4 Å². The highest BCUT2D eigenvalue weighted by Crippen LogP contribution is 2.38. The lowest BCUT2D eigenvalue weighted by Gasteiger charge is -2.22. The second kappa shape index (κ2) is 5.36. The Balaban J connectivity index is 1.58. The molecule has 6 nitrogen and oxygen atoms in total. The van der Waals surface area contributed by atoms with Crippen LogP contribution in [0.4, 0.5) is 5.95 Å². The van der Waals surface area contributed by atoms with Gasteiger partial charge in [-0.15, -0.1) is 0 Å². The molecule has 0 bridgehead atoms. The monoisotopic (exact) mass is 276 g/mol. The predicted molar refractivity (Wildman–Crippen MR) is 74.1 cm³/mol. The Morgan fingerprint density at radius 1 is 1.40 bits per heavy atom. The molecular weight excluding hydrogens is 256 g/mol. The molecule has 1 aliphatic heterocycles. The van der Waals surface area contributed by atoms with Gasteiger partial charge >= 0.3 is 0 Å². The van der Waals surface area contributed by atoms with Gasteiger partial charge < -0.3 is 14.9 Å². The van der Waals surface area contributed by atoms with Crippen LogP contribution in [0.3, 0.4) is 0 Å². The molecule has 3 rings (SSSR count). The van der Waals surface area contributed by atoms with Crippen LogP contribution in [0.5, 0.6) is 0 Å². The highest BCUT2D eigenvalue weighted by molar-refractivity contribution is 5.81. The summed E-state index contributed by atoms with van der Waals surface area (Å²) in [6.07, 6.45) is 5.02. The van der Waals surface area contributed by atoms with Crippen molar-refractivity contribution in [2.75, 3.05) is 31.6 Å². The van der Waals surface area contributed by atoms with Crippen LogP contribution in [0.2, 0.25) is 0 Å². The van der Waals surface area contributed by atoms with Crippen molar-refractivity contribution in [1.82, 2.24) is 14.9 Å². The van der Waals surface area contributed by atoms with Crippen LogP contribution >= 0.6 is 0 Å². The fourth-order valence-electron chi connectivity index (χ4n) is 3.30. The number of aromatic nitrogens is 2. The molecule has 2 fully saturated rings. The average Bonchev–Trinajstić information content (AvgIpc) is 3.02. The molecule has 1 saturated heterocycles. The molecule has 6 heteroatoms. The number of amides is 1. The molecule has 1 N–H and O–H groups in total. The first-order valence-corrected chi connectivity index (χ1v) is 7.09. The van der Waals surface area contributed by atoms with E-state index in [2.05, 4.69) is 9.97 Å². The molecule has 3 atom stereocenters. The summed E-state index contributed by atoms with van der Waals surface area (Å²) < 4.78 is 0. The molecule has 1 aromatic rings. The first kappa shape index (κ1) is 13.3. The maximum Gasteiger partial charge on any atom is 0.242 e. The Morgan fingerprint density at radius 2 is 2.15 bits per heavy atom. The second-order valence-electron chi connectivity index (χ2n) is 5.77. The fraction of sp³-hybridized carbons (Fsp3) is 0.643.